The molecule has 2 rings (SSSR count). The van der Waals surface area contributed by atoms with Crippen molar-refractivity contribution in [3.05, 3.63) is 35.1 Å². The quantitative estimate of drug-likeness (QED) is 0.818. The van der Waals surface area contributed by atoms with Crippen LogP contribution in [0.15, 0.2) is 22.6 Å². The highest BCUT2D eigenvalue weighted by molar-refractivity contribution is 5.84. The van der Waals surface area contributed by atoms with Gasteiger partial charge in [-0.1, -0.05) is 11.6 Å². The van der Waals surface area contributed by atoms with Crippen molar-refractivity contribution in [2.45, 2.75) is 20.3 Å². The van der Waals surface area contributed by atoms with Crippen LogP contribution in [0.1, 0.15) is 16.9 Å². The third-order valence-electron chi connectivity index (χ3n) is 2.50. The number of carbonyl (C=O) groups is 1. The van der Waals surface area contributed by atoms with Crippen LogP contribution >= 0.6 is 0 Å². The topological polar surface area (TPSA) is 50.4 Å². The zero-order chi connectivity index (χ0) is 11.0. The first-order valence-corrected chi connectivity index (χ1v) is 4.78. The number of aliphatic carboxylic acids is 1. The largest absolute Gasteiger partial charge is 0.481 e. The summed E-state index contributed by atoms with van der Waals surface area (Å²) in [5.41, 5.74) is 2.83. The second kappa shape index (κ2) is 3.42. The molecular weight excluding hydrogens is 192 g/mol. The van der Waals surface area contributed by atoms with Gasteiger partial charge in [-0.15, -0.1) is 0 Å². The Hall–Kier alpha value is -1.77. The number of hydrogen-bond acceptors (Lipinski definition) is 2. The molecule has 1 aromatic carbocycles. The maximum atomic E-state index is 10.6. The molecule has 0 aliphatic carbocycles. The van der Waals surface area contributed by atoms with Gasteiger partial charge in [0.15, 0.2) is 0 Å². The highest BCUT2D eigenvalue weighted by Crippen LogP contribution is 2.26. The number of rotatable bonds is 2. The predicted octanol–water partition coefficient (Wildman–Crippen LogP) is 2.68. The minimum atomic E-state index is -0.867. The van der Waals surface area contributed by atoms with E-state index in [1.807, 2.05) is 32.0 Å². The fraction of sp³-hybridized carbons (Fsp3) is 0.250. The maximum Gasteiger partial charge on any atom is 0.311 e. The third-order valence-corrected chi connectivity index (χ3v) is 2.50. The Bertz CT molecular complexity index is 523. The summed E-state index contributed by atoms with van der Waals surface area (Å²) in [5, 5.41) is 9.72. The van der Waals surface area contributed by atoms with E-state index in [9.17, 15) is 4.79 Å². The van der Waals surface area contributed by atoms with Gasteiger partial charge in [-0.2, -0.15) is 0 Å². The summed E-state index contributed by atoms with van der Waals surface area (Å²) in [6, 6.07) is 5.85. The number of carboxylic acid groups (broad SMARTS) is 1. The summed E-state index contributed by atoms with van der Waals surface area (Å²) in [4.78, 5) is 10.6. The average molecular weight is 204 g/mol. The van der Waals surface area contributed by atoms with Crippen molar-refractivity contribution in [3.63, 3.8) is 0 Å². The van der Waals surface area contributed by atoms with E-state index in [2.05, 4.69) is 0 Å². The van der Waals surface area contributed by atoms with Crippen LogP contribution in [0.2, 0.25) is 0 Å². The van der Waals surface area contributed by atoms with Crippen LogP contribution in [0.3, 0.4) is 0 Å². The van der Waals surface area contributed by atoms with Gasteiger partial charge in [-0.05, 0) is 31.5 Å². The van der Waals surface area contributed by atoms with Crippen molar-refractivity contribution in [1.29, 1.82) is 0 Å². The first-order valence-electron chi connectivity index (χ1n) is 4.78. The minimum Gasteiger partial charge on any atom is -0.481 e. The molecule has 78 valence electrons. The molecule has 0 saturated carbocycles. The molecule has 1 aromatic heterocycles. The molecule has 3 nitrogen and oxygen atoms in total. The fourth-order valence-corrected chi connectivity index (χ4v) is 1.69. The second-order valence-electron chi connectivity index (χ2n) is 3.72. The van der Waals surface area contributed by atoms with Crippen LogP contribution in [0.25, 0.3) is 11.0 Å². The molecule has 1 heterocycles. The molecule has 0 saturated heterocycles. The van der Waals surface area contributed by atoms with E-state index in [1.54, 1.807) is 0 Å². The van der Waals surface area contributed by atoms with Crippen molar-refractivity contribution in [2.75, 3.05) is 0 Å². The zero-order valence-corrected chi connectivity index (χ0v) is 8.70. The SMILES string of the molecule is Cc1ccc2oc(CC(=O)O)c(C)c2c1. The van der Waals surface area contributed by atoms with E-state index in [0.717, 1.165) is 22.1 Å². The summed E-state index contributed by atoms with van der Waals surface area (Å²) >= 11 is 0. The van der Waals surface area contributed by atoms with Crippen molar-refractivity contribution in [3.8, 4) is 0 Å². The molecule has 0 fully saturated rings. The fourth-order valence-electron chi connectivity index (χ4n) is 1.69. The second-order valence-corrected chi connectivity index (χ2v) is 3.72. The normalized spacial score (nSPS) is 10.8. The lowest BCUT2D eigenvalue weighted by Crippen LogP contribution is -1.99. The molecular formula is C12H12O3. The standard InChI is InChI=1S/C12H12O3/c1-7-3-4-10-9(5-7)8(2)11(15-10)6-12(13)14/h3-5H,6H2,1-2H3,(H,13,14). The summed E-state index contributed by atoms with van der Waals surface area (Å²) in [6.07, 6.45) is -0.0560. The zero-order valence-electron chi connectivity index (χ0n) is 8.70. The number of furan rings is 1. The lowest BCUT2D eigenvalue weighted by atomic mass is 10.1. The smallest absolute Gasteiger partial charge is 0.311 e. The van der Waals surface area contributed by atoms with Crippen LogP contribution < -0.4 is 0 Å². The molecule has 0 amide bonds. The van der Waals surface area contributed by atoms with E-state index in [4.69, 9.17) is 9.52 Å². The van der Waals surface area contributed by atoms with Gasteiger partial charge < -0.3 is 9.52 Å². The van der Waals surface area contributed by atoms with Crippen molar-refractivity contribution in [2.24, 2.45) is 0 Å². The number of fused-ring (bicyclic) bond motifs is 1. The maximum absolute atomic E-state index is 10.6. The number of aryl methyl sites for hydroxylation is 2. The van der Waals surface area contributed by atoms with Crippen LogP contribution in [-0.4, -0.2) is 11.1 Å². The lowest BCUT2D eigenvalue weighted by Gasteiger charge is -1.92. The van der Waals surface area contributed by atoms with Crippen molar-refractivity contribution in [1.82, 2.24) is 0 Å². The Morgan fingerprint density at radius 3 is 2.80 bits per heavy atom. The monoisotopic (exact) mass is 204 g/mol. The van der Waals surface area contributed by atoms with E-state index in [-0.39, 0.29) is 6.42 Å². The Balaban J connectivity index is 2.59. The number of benzene rings is 1. The minimum absolute atomic E-state index is 0.0560. The molecule has 0 bridgehead atoms. The molecule has 15 heavy (non-hydrogen) atoms. The summed E-state index contributed by atoms with van der Waals surface area (Å²) in [6.45, 7) is 3.90. The van der Waals surface area contributed by atoms with Crippen LogP contribution in [-0.2, 0) is 11.2 Å². The molecule has 1 N–H and O–H groups in total. The highest BCUT2D eigenvalue weighted by atomic mass is 16.4. The molecule has 0 unspecified atom stereocenters. The van der Waals surface area contributed by atoms with Crippen LogP contribution in [0, 0.1) is 13.8 Å². The van der Waals surface area contributed by atoms with E-state index in [0.29, 0.717) is 5.76 Å². The molecule has 0 spiro atoms. The van der Waals surface area contributed by atoms with Crippen LogP contribution in [0.5, 0.6) is 0 Å². The molecule has 0 aliphatic rings. The number of carboxylic acids is 1. The van der Waals surface area contributed by atoms with Gasteiger partial charge >= 0.3 is 5.97 Å². The summed E-state index contributed by atoms with van der Waals surface area (Å²) in [7, 11) is 0. The Morgan fingerprint density at radius 2 is 2.13 bits per heavy atom. The Labute approximate surface area is 87.3 Å². The Kier molecular flexibility index (Phi) is 2.23. The van der Waals surface area contributed by atoms with E-state index in [1.165, 1.54) is 0 Å². The van der Waals surface area contributed by atoms with Crippen molar-refractivity contribution < 1.29 is 14.3 Å². The third kappa shape index (κ3) is 1.73. The van der Waals surface area contributed by atoms with Gasteiger partial charge in [0.2, 0.25) is 0 Å². The van der Waals surface area contributed by atoms with Gasteiger partial charge in [0.05, 0.1) is 0 Å². The van der Waals surface area contributed by atoms with Gasteiger partial charge in [0.1, 0.15) is 17.8 Å². The van der Waals surface area contributed by atoms with Gasteiger partial charge in [-0.3, -0.25) is 4.79 Å². The summed E-state index contributed by atoms with van der Waals surface area (Å²) < 4.78 is 5.48. The Morgan fingerprint density at radius 1 is 1.40 bits per heavy atom. The molecule has 0 atom stereocenters. The van der Waals surface area contributed by atoms with Gasteiger partial charge in [-0.25, -0.2) is 0 Å². The lowest BCUT2D eigenvalue weighted by molar-refractivity contribution is -0.136. The molecule has 3 heteroatoms. The van der Waals surface area contributed by atoms with Gasteiger partial charge in [0.25, 0.3) is 0 Å². The van der Waals surface area contributed by atoms with Crippen LogP contribution in [0.4, 0.5) is 0 Å². The average Bonchev–Trinajstić information content (AvgIpc) is 2.44. The molecule has 0 aliphatic heterocycles. The van der Waals surface area contributed by atoms with Crippen molar-refractivity contribution >= 4 is 16.9 Å². The van der Waals surface area contributed by atoms with Gasteiger partial charge in [0, 0.05) is 5.39 Å². The molecule has 2 aromatic rings. The van der Waals surface area contributed by atoms with E-state index < -0.39 is 5.97 Å². The summed E-state index contributed by atoms with van der Waals surface area (Å²) in [5.74, 6) is -0.322. The first-order chi connectivity index (χ1) is 7.08. The highest BCUT2D eigenvalue weighted by Gasteiger charge is 2.12. The first kappa shape index (κ1) is 9.77. The van der Waals surface area contributed by atoms with E-state index >= 15 is 0 Å². The predicted molar refractivity (Wildman–Crippen MR) is 57.0 cm³/mol. The molecule has 0 radical (unpaired) electrons. The number of hydrogen-bond donors (Lipinski definition) is 1.